The number of hydrogen-bond donors (Lipinski definition) is 2. The second kappa shape index (κ2) is 10.8. The van der Waals surface area contributed by atoms with Crippen molar-refractivity contribution in [2.24, 2.45) is 10.9 Å². The Kier molecular flexibility index (Phi) is 9.25. The molecule has 0 aliphatic carbocycles. The number of morpholine rings is 1. The van der Waals surface area contributed by atoms with Gasteiger partial charge in [-0.1, -0.05) is 5.16 Å². The van der Waals surface area contributed by atoms with E-state index in [4.69, 9.17) is 29.9 Å². The van der Waals surface area contributed by atoms with Gasteiger partial charge in [0.25, 0.3) is 0 Å². The van der Waals surface area contributed by atoms with E-state index in [0.717, 1.165) is 13.1 Å². The smallest absolute Gasteiger partial charge is 0.169 e. The van der Waals surface area contributed by atoms with Crippen LogP contribution in [0.2, 0.25) is 0 Å². The topological polar surface area (TPSA) is 98.8 Å². The molecular weight excluding hydrogens is 266 g/mol. The van der Waals surface area contributed by atoms with Gasteiger partial charge in [0.15, 0.2) is 5.84 Å². The lowest BCUT2D eigenvalue weighted by Gasteiger charge is -2.31. The van der Waals surface area contributed by atoms with Gasteiger partial charge in [-0.3, -0.25) is 4.90 Å². The fourth-order valence-corrected chi connectivity index (χ4v) is 1.81. The molecule has 0 aromatic rings. The molecule has 0 aromatic heterocycles. The Morgan fingerprint density at radius 2 is 2.00 bits per heavy atom. The van der Waals surface area contributed by atoms with E-state index in [-0.39, 0.29) is 11.9 Å². The van der Waals surface area contributed by atoms with Crippen LogP contribution in [0.3, 0.4) is 0 Å². The number of oxime groups is 1. The van der Waals surface area contributed by atoms with Gasteiger partial charge in [-0.15, -0.1) is 0 Å². The molecule has 1 aliphatic heterocycles. The maximum Gasteiger partial charge on any atom is 0.169 e. The molecule has 3 N–H and O–H groups in total. The summed E-state index contributed by atoms with van der Waals surface area (Å²) in [7, 11) is 1.64. The van der Waals surface area contributed by atoms with Crippen molar-refractivity contribution in [3.05, 3.63) is 0 Å². The van der Waals surface area contributed by atoms with E-state index >= 15 is 0 Å². The third-order valence-electron chi connectivity index (χ3n) is 2.95. The summed E-state index contributed by atoms with van der Waals surface area (Å²) in [6.07, 6.45) is -0.342. The van der Waals surface area contributed by atoms with Gasteiger partial charge in [0.2, 0.25) is 0 Å². The van der Waals surface area contributed by atoms with Gasteiger partial charge >= 0.3 is 0 Å². The second-order valence-corrected chi connectivity index (χ2v) is 4.40. The molecule has 118 valence electrons. The zero-order valence-electron chi connectivity index (χ0n) is 12.0. The van der Waals surface area contributed by atoms with Crippen molar-refractivity contribution in [1.29, 1.82) is 0 Å². The summed E-state index contributed by atoms with van der Waals surface area (Å²) in [5.41, 5.74) is 5.53. The van der Waals surface area contributed by atoms with Crippen molar-refractivity contribution in [3.8, 4) is 0 Å². The molecule has 1 heterocycles. The van der Waals surface area contributed by atoms with Crippen molar-refractivity contribution in [3.63, 3.8) is 0 Å². The van der Waals surface area contributed by atoms with E-state index in [1.165, 1.54) is 0 Å². The number of nitrogens with two attached hydrogens (primary N) is 1. The van der Waals surface area contributed by atoms with Crippen LogP contribution in [-0.4, -0.2) is 88.4 Å². The first kappa shape index (κ1) is 17.1. The summed E-state index contributed by atoms with van der Waals surface area (Å²) >= 11 is 0. The predicted octanol–water partition coefficient (Wildman–Crippen LogP) is -0.887. The minimum atomic E-state index is -0.342. The van der Waals surface area contributed by atoms with Crippen LogP contribution in [0, 0.1) is 0 Å². The fraction of sp³-hybridized carbons (Fsp3) is 0.917. The van der Waals surface area contributed by atoms with Crippen LogP contribution in [0.1, 0.15) is 0 Å². The number of hydrogen-bond acceptors (Lipinski definition) is 7. The van der Waals surface area contributed by atoms with Gasteiger partial charge in [0.1, 0.15) is 6.10 Å². The second-order valence-electron chi connectivity index (χ2n) is 4.40. The molecule has 20 heavy (non-hydrogen) atoms. The van der Waals surface area contributed by atoms with E-state index in [1.807, 2.05) is 0 Å². The van der Waals surface area contributed by atoms with E-state index in [2.05, 4.69) is 10.1 Å². The highest BCUT2D eigenvalue weighted by atomic mass is 16.5. The van der Waals surface area contributed by atoms with Crippen LogP contribution in [0.15, 0.2) is 5.16 Å². The number of ether oxygens (including phenoxy) is 4. The molecule has 1 saturated heterocycles. The molecule has 0 spiro atoms. The first-order valence-corrected chi connectivity index (χ1v) is 6.73. The highest BCUT2D eigenvalue weighted by Gasteiger charge is 2.23. The zero-order chi connectivity index (χ0) is 14.6. The molecule has 0 radical (unpaired) electrons. The van der Waals surface area contributed by atoms with Crippen LogP contribution in [0.25, 0.3) is 0 Å². The van der Waals surface area contributed by atoms with Gasteiger partial charge in [-0.25, -0.2) is 0 Å². The Bertz CT molecular complexity index is 278. The largest absolute Gasteiger partial charge is 0.409 e. The standard InChI is InChI=1S/C12H25N3O5/c1-17-6-7-19-9-8-18-4-2-15-3-5-20-11(10-15)12(13)14-16/h11,16H,2-10H2,1H3,(H2,13,14). The van der Waals surface area contributed by atoms with Crippen molar-refractivity contribution in [2.75, 3.05) is 66.4 Å². The van der Waals surface area contributed by atoms with Crippen LogP contribution < -0.4 is 5.73 Å². The first-order valence-electron chi connectivity index (χ1n) is 6.73. The Morgan fingerprint density at radius 3 is 2.70 bits per heavy atom. The average molecular weight is 291 g/mol. The molecule has 1 atom stereocenters. The Hall–Kier alpha value is -0.930. The van der Waals surface area contributed by atoms with Crippen LogP contribution in [0.5, 0.6) is 0 Å². The lowest BCUT2D eigenvalue weighted by molar-refractivity contribution is -0.0150. The fourth-order valence-electron chi connectivity index (χ4n) is 1.81. The highest BCUT2D eigenvalue weighted by Crippen LogP contribution is 2.04. The van der Waals surface area contributed by atoms with Gasteiger partial charge in [0.05, 0.1) is 39.6 Å². The summed E-state index contributed by atoms with van der Waals surface area (Å²) in [6, 6.07) is 0. The van der Waals surface area contributed by atoms with E-state index in [9.17, 15) is 0 Å². The maximum atomic E-state index is 8.62. The predicted molar refractivity (Wildman–Crippen MR) is 73.1 cm³/mol. The minimum absolute atomic E-state index is 0.113. The monoisotopic (exact) mass is 291 g/mol. The molecule has 1 aliphatic rings. The van der Waals surface area contributed by atoms with E-state index in [0.29, 0.717) is 46.2 Å². The molecule has 0 saturated carbocycles. The third-order valence-corrected chi connectivity index (χ3v) is 2.95. The van der Waals surface area contributed by atoms with Crippen molar-refractivity contribution in [1.82, 2.24) is 4.90 Å². The van der Waals surface area contributed by atoms with Crippen molar-refractivity contribution < 1.29 is 24.2 Å². The van der Waals surface area contributed by atoms with Crippen LogP contribution in [0.4, 0.5) is 0 Å². The Balaban J connectivity index is 2.01. The third kappa shape index (κ3) is 7.01. The lowest BCUT2D eigenvalue weighted by atomic mass is 10.2. The summed E-state index contributed by atoms with van der Waals surface area (Å²) in [5, 5.41) is 11.6. The van der Waals surface area contributed by atoms with Gasteiger partial charge in [-0.2, -0.15) is 0 Å². The van der Waals surface area contributed by atoms with Crippen molar-refractivity contribution in [2.45, 2.75) is 6.10 Å². The lowest BCUT2D eigenvalue weighted by Crippen LogP contribution is -2.49. The maximum absolute atomic E-state index is 8.62. The summed E-state index contributed by atoms with van der Waals surface area (Å²) in [4.78, 5) is 2.16. The first-order chi connectivity index (χ1) is 9.77. The Morgan fingerprint density at radius 1 is 1.30 bits per heavy atom. The molecule has 0 bridgehead atoms. The molecule has 0 amide bonds. The number of nitrogens with zero attached hydrogens (tertiary/aromatic N) is 2. The quantitative estimate of drug-likeness (QED) is 0.177. The van der Waals surface area contributed by atoms with Gasteiger partial charge in [-0.05, 0) is 0 Å². The average Bonchev–Trinajstić information content (AvgIpc) is 2.49. The SMILES string of the molecule is COCCOCCOCCN1CCOC(C(N)=NO)C1. The molecule has 1 fully saturated rings. The normalized spacial score (nSPS) is 21.2. The summed E-state index contributed by atoms with van der Waals surface area (Å²) in [6.45, 7) is 5.74. The molecule has 8 heteroatoms. The van der Waals surface area contributed by atoms with Gasteiger partial charge < -0.3 is 29.9 Å². The van der Waals surface area contributed by atoms with Crippen molar-refractivity contribution >= 4 is 5.84 Å². The van der Waals surface area contributed by atoms with Crippen LogP contribution >= 0.6 is 0 Å². The van der Waals surface area contributed by atoms with Gasteiger partial charge in [0, 0.05) is 26.7 Å². The zero-order valence-corrected chi connectivity index (χ0v) is 12.0. The summed E-state index contributed by atoms with van der Waals surface area (Å²) in [5.74, 6) is 0.113. The van der Waals surface area contributed by atoms with E-state index in [1.54, 1.807) is 7.11 Å². The number of methoxy groups -OCH3 is 1. The molecule has 1 rings (SSSR count). The van der Waals surface area contributed by atoms with Crippen LogP contribution in [-0.2, 0) is 18.9 Å². The number of rotatable bonds is 10. The van der Waals surface area contributed by atoms with E-state index < -0.39 is 0 Å². The number of amidine groups is 1. The molecule has 1 unspecified atom stereocenters. The highest BCUT2D eigenvalue weighted by molar-refractivity contribution is 5.84. The summed E-state index contributed by atoms with van der Waals surface area (Å²) < 4.78 is 21.0. The molecular formula is C12H25N3O5. The minimum Gasteiger partial charge on any atom is -0.409 e. The molecule has 0 aromatic carbocycles. The molecule has 8 nitrogen and oxygen atoms in total. The Labute approximate surface area is 119 Å².